The second-order valence-corrected chi connectivity index (χ2v) is 8.69. The Balaban J connectivity index is 1.39. The fourth-order valence-corrected chi connectivity index (χ4v) is 3.76. The molecule has 0 spiro atoms. The Morgan fingerprint density at radius 1 is 1.00 bits per heavy atom. The van der Waals surface area contributed by atoms with E-state index >= 15 is 0 Å². The highest BCUT2D eigenvalue weighted by molar-refractivity contribution is 5.98. The monoisotopic (exact) mass is 457 g/mol. The Hall–Kier alpha value is -2.48. The summed E-state index contributed by atoms with van der Waals surface area (Å²) in [6.07, 6.45) is 15.1. The van der Waals surface area contributed by atoms with Crippen molar-refractivity contribution in [3.05, 3.63) is 29.6 Å². The Morgan fingerprint density at radius 3 is 2.39 bits per heavy atom. The quantitative estimate of drug-likeness (QED) is 0.150. The minimum atomic E-state index is 0.187. The molecule has 8 nitrogen and oxygen atoms in total. The van der Waals surface area contributed by atoms with Crippen LogP contribution in [0.3, 0.4) is 0 Å². The lowest BCUT2D eigenvalue weighted by Crippen LogP contribution is -2.30. The van der Waals surface area contributed by atoms with E-state index in [9.17, 15) is 0 Å². The van der Waals surface area contributed by atoms with E-state index in [0.717, 1.165) is 87.4 Å². The van der Waals surface area contributed by atoms with Gasteiger partial charge in [-0.25, -0.2) is 0 Å². The van der Waals surface area contributed by atoms with Gasteiger partial charge in [-0.15, -0.1) is 0 Å². The van der Waals surface area contributed by atoms with Gasteiger partial charge >= 0.3 is 0 Å². The maximum Gasteiger partial charge on any atom is 0.185 e. The van der Waals surface area contributed by atoms with Crippen LogP contribution in [0.5, 0.6) is 0 Å². The van der Waals surface area contributed by atoms with Gasteiger partial charge in [-0.3, -0.25) is 15.0 Å². The molecule has 2 rings (SSSR count). The van der Waals surface area contributed by atoms with Crippen LogP contribution in [0.1, 0.15) is 88.3 Å². The number of ether oxygens (including phenoxy) is 1. The summed E-state index contributed by atoms with van der Waals surface area (Å²) in [4.78, 5) is 13.0. The highest BCUT2D eigenvalue weighted by Gasteiger charge is 2.07. The number of nitrogens with zero attached hydrogens (tertiary/aromatic N) is 3. The number of guanidine groups is 1. The number of aromatic nitrogens is 1. The van der Waals surface area contributed by atoms with E-state index in [1.54, 1.807) is 0 Å². The number of aliphatic imine (C=N–C) groups is 2. The van der Waals surface area contributed by atoms with Crippen LogP contribution in [-0.4, -0.2) is 48.7 Å². The number of hydrogen-bond donors (Lipinski definition) is 4. The maximum absolute atomic E-state index is 8.14. The summed E-state index contributed by atoms with van der Waals surface area (Å²) in [5, 5.41) is 11.5. The SMILES string of the molecule is N=C(CCCCCCCCCN=C(N)N)CCCCOCc1ccc(C2=NCCCN2)cn1. The summed E-state index contributed by atoms with van der Waals surface area (Å²) < 4.78 is 5.76. The van der Waals surface area contributed by atoms with Gasteiger partial charge in [0, 0.05) is 43.7 Å². The molecule has 0 unspecified atom stereocenters. The predicted octanol–water partition coefficient (Wildman–Crippen LogP) is 3.92. The zero-order valence-corrected chi connectivity index (χ0v) is 20.2. The second kappa shape index (κ2) is 17.1. The fraction of sp³-hybridized carbons (Fsp3) is 0.680. The molecule has 0 aliphatic carbocycles. The summed E-state index contributed by atoms with van der Waals surface area (Å²) in [6.45, 7) is 3.85. The summed E-state index contributed by atoms with van der Waals surface area (Å²) in [5.41, 5.74) is 13.5. The third-order valence-electron chi connectivity index (χ3n) is 5.69. The molecule has 6 N–H and O–H groups in total. The average molecular weight is 458 g/mol. The molecular weight excluding hydrogens is 414 g/mol. The van der Waals surface area contributed by atoms with Gasteiger partial charge in [-0.2, -0.15) is 0 Å². The second-order valence-electron chi connectivity index (χ2n) is 8.69. The van der Waals surface area contributed by atoms with E-state index in [-0.39, 0.29) is 5.96 Å². The molecular formula is C25H43N7O. The van der Waals surface area contributed by atoms with Gasteiger partial charge in [0.15, 0.2) is 5.96 Å². The minimum Gasteiger partial charge on any atom is -0.375 e. The topological polar surface area (TPSA) is 135 Å². The Morgan fingerprint density at radius 2 is 1.73 bits per heavy atom. The van der Waals surface area contributed by atoms with Crippen molar-refractivity contribution >= 4 is 17.5 Å². The first-order chi connectivity index (χ1) is 16.1. The van der Waals surface area contributed by atoms with Gasteiger partial charge in [0.2, 0.25) is 0 Å². The lowest BCUT2D eigenvalue weighted by molar-refractivity contribution is 0.115. The molecule has 0 radical (unpaired) electrons. The van der Waals surface area contributed by atoms with Crippen LogP contribution in [0.4, 0.5) is 0 Å². The normalized spacial score (nSPS) is 13.3. The van der Waals surface area contributed by atoms with Gasteiger partial charge in [-0.05, 0) is 57.1 Å². The zero-order chi connectivity index (χ0) is 23.6. The van der Waals surface area contributed by atoms with Crippen LogP contribution in [-0.2, 0) is 11.3 Å². The summed E-state index contributed by atoms with van der Waals surface area (Å²) in [6, 6.07) is 4.07. The molecule has 0 amide bonds. The molecule has 0 bridgehead atoms. The number of nitrogens with two attached hydrogens (primary N) is 2. The number of hydrogen-bond acceptors (Lipinski definition) is 6. The van der Waals surface area contributed by atoms with Crippen molar-refractivity contribution in [2.75, 3.05) is 26.2 Å². The van der Waals surface area contributed by atoms with Crippen LogP contribution >= 0.6 is 0 Å². The van der Waals surface area contributed by atoms with E-state index in [0.29, 0.717) is 13.2 Å². The van der Waals surface area contributed by atoms with Gasteiger partial charge in [0.25, 0.3) is 0 Å². The van der Waals surface area contributed by atoms with Crippen molar-refractivity contribution in [2.24, 2.45) is 21.5 Å². The zero-order valence-electron chi connectivity index (χ0n) is 20.2. The van der Waals surface area contributed by atoms with Crippen LogP contribution < -0.4 is 16.8 Å². The predicted molar refractivity (Wildman–Crippen MR) is 137 cm³/mol. The van der Waals surface area contributed by atoms with E-state index < -0.39 is 0 Å². The number of nitrogens with one attached hydrogen (secondary N) is 2. The standard InChI is InChI=1S/C25H43N7O/c26-22(11-6-4-2-1-3-5-8-15-31-25(27)28)12-7-9-18-33-20-23-14-13-21(19-32-23)24-29-16-10-17-30-24/h13-14,19,26H,1-12,15-18,20H2,(H,29,30)(H4,27,28,31). The molecule has 1 aliphatic heterocycles. The largest absolute Gasteiger partial charge is 0.375 e. The number of pyridine rings is 1. The molecule has 0 saturated heterocycles. The Kier molecular flexibility index (Phi) is 13.8. The molecule has 8 heteroatoms. The molecule has 0 saturated carbocycles. The lowest BCUT2D eigenvalue weighted by Gasteiger charge is -2.14. The van der Waals surface area contributed by atoms with Crippen LogP contribution in [0.2, 0.25) is 0 Å². The molecule has 0 atom stereocenters. The number of rotatable bonds is 18. The van der Waals surface area contributed by atoms with E-state index in [4.69, 9.17) is 21.6 Å². The van der Waals surface area contributed by atoms with Gasteiger partial charge in [0.1, 0.15) is 5.84 Å². The molecule has 0 aromatic carbocycles. The summed E-state index contributed by atoms with van der Waals surface area (Å²) in [5.74, 6) is 1.13. The molecule has 184 valence electrons. The van der Waals surface area contributed by atoms with E-state index in [1.165, 1.54) is 32.1 Å². The first kappa shape index (κ1) is 26.8. The van der Waals surface area contributed by atoms with Crippen molar-refractivity contribution in [1.29, 1.82) is 5.41 Å². The first-order valence-corrected chi connectivity index (χ1v) is 12.6. The third kappa shape index (κ3) is 13.0. The average Bonchev–Trinajstić information content (AvgIpc) is 2.83. The van der Waals surface area contributed by atoms with Gasteiger partial charge in [0.05, 0.1) is 12.3 Å². The van der Waals surface area contributed by atoms with Gasteiger partial charge < -0.3 is 26.9 Å². The van der Waals surface area contributed by atoms with Crippen molar-refractivity contribution < 1.29 is 4.74 Å². The van der Waals surface area contributed by atoms with Crippen molar-refractivity contribution in [2.45, 2.75) is 83.7 Å². The third-order valence-corrected chi connectivity index (χ3v) is 5.69. The van der Waals surface area contributed by atoms with Crippen molar-refractivity contribution in [3.63, 3.8) is 0 Å². The number of unbranched alkanes of at least 4 members (excludes halogenated alkanes) is 7. The van der Waals surface area contributed by atoms with Gasteiger partial charge in [-0.1, -0.05) is 32.1 Å². The van der Waals surface area contributed by atoms with Crippen LogP contribution in [0.25, 0.3) is 0 Å². The molecule has 1 aromatic rings. The van der Waals surface area contributed by atoms with Crippen LogP contribution in [0, 0.1) is 5.41 Å². The number of amidine groups is 1. The Labute approximate surface area is 199 Å². The highest BCUT2D eigenvalue weighted by atomic mass is 16.5. The summed E-state index contributed by atoms with van der Waals surface area (Å²) in [7, 11) is 0. The molecule has 0 fully saturated rings. The fourth-order valence-electron chi connectivity index (χ4n) is 3.76. The van der Waals surface area contributed by atoms with E-state index in [1.807, 2.05) is 12.3 Å². The van der Waals surface area contributed by atoms with Crippen molar-refractivity contribution in [1.82, 2.24) is 10.3 Å². The highest BCUT2D eigenvalue weighted by Crippen LogP contribution is 2.11. The Bertz CT molecular complexity index is 727. The first-order valence-electron chi connectivity index (χ1n) is 12.6. The summed E-state index contributed by atoms with van der Waals surface area (Å²) >= 11 is 0. The molecule has 1 aromatic heterocycles. The van der Waals surface area contributed by atoms with Crippen molar-refractivity contribution in [3.8, 4) is 0 Å². The minimum absolute atomic E-state index is 0.187. The molecule has 2 heterocycles. The molecule has 1 aliphatic rings. The lowest BCUT2D eigenvalue weighted by atomic mass is 10.0. The maximum atomic E-state index is 8.14. The van der Waals surface area contributed by atoms with E-state index in [2.05, 4.69) is 26.4 Å². The molecule has 33 heavy (non-hydrogen) atoms. The van der Waals surface area contributed by atoms with Crippen LogP contribution in [0.15, 0.2) is 28.3 Å². The smallest absolute Gasteiger partial charge is 0.185 e.